The average Bonchev–Trinajstić information content (AvgIpc) is 2.37. The predicted molar refractivity (Wildman–Crippen MR) is 93.9 cm³/mol. The van der Waals surface area contributed by atoms with Crippen molar-refractivity contribution in [3.63, 3.8) is 0 Å². The molecule has 1 atom stereocenters. The van der Waals surface area contributed by atoms with Crippen LogP contribution in [-0.4, -0.2) is 11.9 Å². The molecule has 2 rings (SSSR count). The molecule has 2 aromatic rings. The van der Waals surface area contributed by atoms with Crippen LogP contribution in [0.5, 0.6) is 0 Å². The van der Waals surface area contributed by atoms with Crippen LogP contribution >= 0.6 is 43.5 Å². The van der Waals surface area contributed by atoms with Gasteiger partial charge in [0.15, 0.2) is 0 Å². The van der Waals surface area contributed by atoms with E-state index in [1.807, 2.05) is 37.3 Å². The van der Waals surface area contributed by atoms with Gasteiger partial charge in [-0.05, 0) is 49.2 Å². The van der Waals surface area contributed by atoms with E-state index in [9.17, 15) is 4.79 Å². The molecule has 5 heteroatoms. The second-order valence-electron chi connectivity index (χ2n) is 4.87. The molecule has 110 valence electrons. The normalized spacial score (nSPS) is 12.0. The van der Waals surface area contributed by atoms with Gasteiger partial charge in [0.2, 0.25) is 0 Å². The number of carbonyl (C=O) groups excluding carboxylic acids is 1. The van der Waals surface area contributed by atoms with Gasteiger partial charge in [0, 0.05) is 25.6 Å². The Morgan fingerprint density at radius 2 is 1.86 bits per heavy atom. The molecule has 1 amide bonds. The molecule has 0 heterocycles. The van der Waals surface area contributed by atoms with Gasteiger partial charge in [0.05, 0.1) is 0 Å². The number of rotatable bonds is 4. The summed E-state index contributed by atoms with van der Waals surface area (Å²) in [5, 5.41) is 3.71. The van der Waals surface area contributed by atoms with E-state index in [0.29, 0.717) is 10.6 Å². The van der Waals surface area contributed by atoms with Gasteiger partial charge in [-0.15, -0.1) is 0 Å². The van der Waals surface area contributed by atoms with E-state index in [-0.39, 0.29) is 11.9 Å². The first-order valence-corrected chi connectivity index (χ1v) is 8.42. The van der Waals surface area contributed by atoms with Crippen molar-refractivity contribution < 1.29 is 4.79 Å². The maximum Gasteiger partial charge on any atom is 0.251 e. The van der Waals surface area contributed by atoms with E-state index in [0.717, 1.165) is 20.9 Å². The Hall–Kier alpha value is -0.840. The quantitative estimate of drug-likeness (QED) is 0.706. The van der Waals surface area contributed by atoms with E-state index in [4.69, 9.17) is 11.6 Å². The highest BCUT2D eigenvalue weighted by molar-refractivity contribution is 9.11. The Labute approximate surface area is 146 Å². The summed E-state index contributed by atoms with van der Waals surface area (Å²) in [5.74, 6) is -0.0912. The number of hydrogen-bond donors (Lipinski definition) is 1. The van der Waals surface area contributed by atoms with Crippen LogP contribution in [0.2, 0.25) is 5.02 Å². The van der Waals surface area contributed by atoms with Crippen molar-refractivity contribution in [2.75, 3.05) is 0 Å². The number of amides is 1. The zero-order chi connectivity index (χ0) is 15.4. The Morgan fingerprint density at radius 3 is 2.48 bits per heavy atom. The summed E-state index contributed by atoms with van der Waals surface area (Å²) in [6.07, 6.45) is 0.738. The zero-order valence-corrected chi connectivity index (χ0v) is 15.3. The minimum Gasteiger partial charge on any atom is -0.349 e. The third kappa shape index (κ3) is 5.13. The summed E-state index contributed by atoms with van der Waals surface area (Å²) >= 11 is 12.7. The molecule has 0 bridgehead atoms. The molecule has 1 N–H and O–H groups in total. The Morgan fingerprint density at radius 1 is 1.19 bits per heavy atom. The van der Waals surface area contributed by atoms with E-state index in [1.165, 1.54) is 0 Å². The van der Waals surface area contributed by atoms with Gasteiger partial charge in [0.1, 0.15) is 0 Å². The molecular weight excluding hydrogens is 417 g/mol. The molecule has 0 spiro atoms. The summed E-state index contributed by atoms with van der Waals surface area (Å²) < 4.78 is 1.73. The first kappa shape index (κ1) is 16.5. The molecule has 1 unspecified atom stereocenters. The standard InChI is InChI=1S/C16H14Br2ClNO/c1-10(5-11-3-2-4-15(19)6-11)20-16(21)12-7-13(17)9-14(18)8-12/h2-4,6-10H,5H2,1H3,(H,20,21). The number of carbonyl (C=O) groups is 1. The smallest absolute Gasteiger partial charge is 0.251 e. The Kier molecular flexibility index (Phi) is 5.85. The van der Waals surface area contributed by atoms with Crippen LogP contribution in [0.25, 0.3) is 0 Å². The molecule has 0 radical (unpaired) electrons. The fraction of sp³-hybridized carbons (Fsp3) is 0.188. The van der Waals surface area contributed by atoms with Gasteiger partial charge in [-0.3, -0.25) is 4.79 Å². The Bertz CT molecular complexity index is 640. The lowest BCUT2D eigenvalue weighted by Crippen LogP contribution is -2.34. The molecule has 0 saturated carbocycles. The Balaban J connectivity index is 2.02. The van der Waals surface area contributed by atoms with E-state index in [2.05, 4.69) is 37.2 Å². The van der Waals surface area contributed by atoms with Crippen LogP contribution in [0.3, 0.4) is 0 Å². The minimum absolute atomic E-state index is 0.0220. The molecule has 0 aliphatic heterocycles. The number of nitrogens with one attached hydrogen (secondary N) is 1. The summed E-state index contributed by atoms with van der Waals surface area (Å²) in [4.78, 5) is 12.2. The average molecular weight is 432 g/mol. The van der Waals surface area contributed by atoms with Crippen LogP contribution < -0.4 is 5.32 Å². The largest absolute Gasteiger partial charge is 0.349 e. The summed E-state index contributed by atoms with van der Waals surface area (Å²) in [5.41, 5.74) is 1.72. The lowest BCUT2D eigenvalue weighted by atomic mass is 10.1. The van der Waals surface area contributed by atoms with E-state index < -0.39 is 0 Å². The second kappa shape index (κ2) is 7.43. The van der Waals surface area contributed by atoms with Crippen molar-refractivity contribution in [1.29, 1.82) is 0 Å². The number of hydrogen-bond acceptors (Lipinski definition) is 1. The monoisotopic (exact) mass is 429 g/mol. The van der Waals surface area contributed by atoms with Crippen molar-refractivity contribution >= 4 is 49.4 Å². The highest BCUT2D eigenvalue weighted by Crippen LogP contribution is 2.20. The van der Waals surface area contributed by atoms with Crippen LogP contribution in [0.4, 0.5) is 0 Å². The molecule has 0 fully saturated rings. The minimum atomic E-state index is -0.0912. The number of halogens is 3. The molecule has 2 nitrogen and oxygen atoms in total. The van der Waals surface area contributed by atoms with E-state index in [1.54, 1.807) is 12.1 Å². The van der Waals surface area contributed by atoms with E-state index >= 15 is 0 Å². The molecule has 2 aromatic carbocycles. The summed E-state index contributed by atoms with van der Waals surface area (Å²) in [6, 6.07) is 13.2. The molecule has 0 aliphatic rings. The third-order valence-corrected chi connectivity index (χ3v) is 4.08. The highest BCUT2D eigenvalue weighted by Gasteiger charge is 2.11. The van der Waals surface area contributed by atoms with Crippen LogP contribution in [-0.2, 0) is 6.42 Å². The predicted octanol–water partition coefficient (Wildman–Crippen LogP) is 5.23. The number of benzene rings is 2. The van der Waals surface area contributed by atoms with Gasteiger partial charge >= 0.3 is 0 Å². The fourth-order valence-electron chi connectivity index (χ4n) is 2.06. The summed E-state index contributed by atoms with van der Waals surface area (Å²) in [7, 11) is 0. The topological polar surface area (TPSA) is 29.1 Å². The first-order chi connectivity index (χ1) is 9.94. The van der Waals surface area contributed by atoms with Gasteiger partial charge in [-0.2, -0.15) is 0 Å². The van der Waals surface area contributed by atoms with Crippen molar-refractivity contribution in [2.24, 2.45) is 0 Å². The SMILES string of the molecule is CC(Cc1cccc(Cl)c1)NC(=O)c1cc(Br)cc(Br)c1. The molecule has 0 aromatic heterocycles. The molecule has 0 saturated heterocycles. The zero-order valence-electron chi connectivity index (χ0n) is 11.4. The van der Waals surface area contributed by atoms with Crippen LogP contribution in [0, 0.1) is 0 Å². The maximum absolute atomic E-state index is 12.2. The fourth-order valence-corrected chi connectivity index (χ4v) is 3.57. The van der Waals surface area contributed by atoms with Crippen LogP contribution in [0.1, 0.15) is 22.8 Å². The van der Waals surface area contributed by atoms with Gasteiger partial charge in [-0.1, -0.05) is 55.6 Å². The van der Waals surface area contributed by atoms with Crippen molar-refractivity contribution in [2.45, 2.75) is 19.4 Å². The first-order valence-electron chi connectivity index (χ1n) is 6.45. The van der Waals surface area contributed by atoms with Crippen molar-refractivity contribution in [3.8, 4) is 0 Å². The summed E-state index contributed by atoms with van der Waals surface area (Å²) in [6.45, 7) is 1.98. The second-order valence-corrected chi connectivity index (χ2v) is 7.13. The van der Waals surface area contributed by atoms with Crippen molar-refractivity contribution in [1.82, 2.24) is 5.32 Å². The highest BCUT2D eigenvalue weighted by atomic mass is 79.9. The molecule has 0 aliphatic carbocycles. The van der Waals surface area contributed by atoms with Gasteiger partial charge < -0.3 is 5.32 Å². The van der Waals surface area contributed by atoms with Gasteiger partial charge in [0.25, 0.3) is 5.91 Å². The molecular formula is C16H14Br2ClNO. The van der Waals surface area contributed by atoms with Crippen molar-refractivity contribution in [3.05, 3.63) is 67.6 Å². The van der Waals surface area contributed by atoms with Crippen LogP contribution in [0.15, 0.2) is 51.4 Å². The maximum atomic E-state index is 12.2. The third-order valence-electron chi connectivity index (χ3n) is 2.93. The lowest BCUT2D eigenvalue weighted by Gasteiger charge is -2.14. The molecule has 21 heavy (non-hydrogen) atoms. The van der Waals surface area contributed by atoms with Gasteiger partial charge in [-0.25, -0.2) is 0 Å². The lowest BCUT2D eigenvalue weighted by molar-refractivity contribution is 0.0940.